The van der Waals surface area contributed by atoms with Crippen LogP contribution in [0.3, 0.4) is 0 Å². The van der Waals surface area contributed by atoms with Gasteiger partial charge in [-0.1, -0.05) is 18.0 Å². The van der Waals surface area contributed by atoms with Gasteiger partial charge in [0.25, 0.3) is 0 Å². The Morgan fingerprint density at radius 3 is 2.60 bits per heavy atom. The highest BCUT2D eigenvalue weighted by Gasteiger charge is 2.07. The van der Waals surface area contributed by atoms with E-state index in [1.807, 2.05) is 0 Å². The zero-order valence-corrected chi connectivity index (χ0v) is 9.30. The molecule has 1 aromatic rings. The predicted molar refractivity (Wildman–Crippen MR) is 61.2 cm³/mol. The van der Waals surface area contributed by atoms with Crippen LogP contribution < -0.4 is 11.5 Å². The second kappa shape index (κ2) is 6.05. The zero-order chi connectivity index (χ0) is 11.3. The number of hydrogen-bond acceptors (Lipinski definition) is 2. The van der Waals surface area contributed by atoms with Gasteiger partial charge < -0.3 is 11.5 Å². The van der Waals surface area contributed by atoms with Crippen molar-refractivity contribution in [3.05, 3.63) is 34.6 Å². The molecule has 0 unspecified atom stereocenters. The van der Waals surface area contributed by atoms with Gasteiger partial charge in [0.2, 0.25) is 0 Å². The van der Waals surface area contributed by atoms with Crippen molar-refractivity contribution >= 4 is 11.6 Å². The van der Waals surface area contributed by atoms with Gasteiger partial charge in [0, 0.05) is 11.1 Å². The first-order valence-electron chi connectivity index (χ1n) is 5.05. The number of halogens is 2. The van der Waals surface area contributed by atoms with Crippen LogP contribution >= 0.6 is 11.6 Å². The van der Waals surface area contributed by atoms with Crippen molar-refractivity contribution < 1.29 is 4.39 Å². The summed E-state index contributed by atoms with van der Waals surface area (Å²) in [5.41, 5.74) is 12.0. The van der Waals surface area contributed by atoms with Gasteiger partial charge in [-0.05, 0) is 43.1 Å². The van der Waals surface area contributed by atoms with Crippen LogP contribution in [0.4, 0.5) is 4.39 Å². The van der Waals surface area contributed by atoms with E-state index in [4.69, 9.17) is 23.1 Å². The van der Waals surface area contributed by atoms with E-state index >= 15 is 0 Å². The van der Waals surface area contributed by atoms with Gasteiger partial charge in [-0.2, -0.15) is 0 Å². The molecular formula is C11H16ClFN2. The third kappa shape index (κ3) is 4.16. The minimum absolute atomic E-state index is 0.162. The Hall–Kier alpha value is -0.640. The minimum atomic E-state index is -0.341. The summed E-state index contributed by atoms with van der Waals surface area (Å²) in [7, 11) is 0. The molecule has 4 N–H and O–H groups in total. The normalized spacial score (nSPS) is 12.8. The van der Waals surface area contributed by atoms with E-state index in [0.717, 1.165) is 24.8 Å². The summed E-state index contributed by atoms with van der Waals surface area (Å²) >= 11 is 5.74. The van der Waals surface area contributed by atoms with Crippen LogP contribution in [0.15, 0.2) is 18.2 Å². The maximum atomic E-state index is 13.0. The molecule has 0 aromatic heterocycles. The van der Waals surface area contributed by atoms with E-state index in [0.29, 0.717) is 11.6 Å². The summed E-state index contributed by atoms with van der Waals surface area (Å²) < 4.78 is 13.0. The van der Waals surface area contributed by atoms with Gasteiger partial charge in [-0.15, -0.1) is 0 Å². The Labute approximate surface area is 94.4 Å². The van der Waals surface area contributed by atoms with Gasteiger partial charge >= 0.3 is 0 Å². The summed E-state index contributed by atoms with van der Waals surface area (Å²) in [5.74, 6) is -0.341. The molecule has 2 nitrogen and oxygen atoms in total. The van der Waals surface area contributed by atoms with Gasteiger partial charge in [-0.3, -0.25) is 0 Å². The molecule has 15 heavy (non-hydrogen) atoms. The Kier molecular flexibility index (Phi) is 5.02. The van der Waals surface area contributed by atoms with Crippen molar-refractivity contribution in [3.8, 4) is 0 Å². The van der Waals surface area contributed by atoms with E-state index in [1.165, 1.54) is 12.1 Å². The Bertz CT molecular complexity index is 297. The lowest BCUT2D eigenvalue weighted by Crippen LogP contribution is -2.11. The lowest BCUT2D eigenvalue weighted by atomic mass is 10.0. The van der Waals surface area contributed by atoms with Crippen LogP contribution in [0, 0.1) is 5.82 Å². The summed E-state index contributed by atoms with van der Waals surface area (Å²) in [5, 5.41) is 0.388. The fourth-order valence-corrected chi connectivity index (χ4v) is 1.69. The number of nitrogens with two attached hydrogens (primary N) is 2. The van der Waals surface area contributed by atoms with Crippen molar-refractivity contribution in [1.82, 2.24) is 0 Å². The maximum absolute atomic E-state index is 13.0. The molecular weight excluding hydrogens is 215 g/mol. The van der Waals surface area contributed by atoms with Crippen molar-refractivity contribution in [2.24, 2.45) is 11.5 Å². The van der Waals surface area contributed by atoms with E-state index in [2.05, 4.69) is 0 Å². The predicted octanol–water partition coefficient (Wildman–Crippen LogP) is 2.61. The molecule has 4 heteroatoms. The second-order valence-corrected chi connectivity index (χ2v) is 4.03. The second-order valence-electron chi connectivity index (χ2n) is 3.59. The van der Waals surface area contributed by atoms with Crippen LogP contribution in [-0.2, 0) is 0 Å². The monoisotopic (exact) mass is 230 g/mol. The number of unbranched alkanes of at least 4 members (excludes halogenated alkanes) is 1. The highest BCUT2D eigenvalue weighted by atomic mass is 35.5. The molecule has 1 atom stereocenters. The zero-order valence-electron chi connectivity index (χ0n) is 8.55. The average molecular weight is 231 g/mol. The molecule has 0 heterocycles. The maximum Gasteiger partial charge on any atom is 0.125 e. The molecule has 0 fully saturated rings. The molecule has 0 spiro atoms. The first-order chi connectivity index (χ1) is 7.13. The SMILES string of the molecule is NCCCC[C@@H](N)c1cc(F)cc(Cl)c1. The fourth-order valence-electron chi connectivity index (χ4n) is 1.46. The largest absolute Gasteiger partial charge is 0.330 e. The topological polar surface area (TPSA) is 52.0 Å². The Morgan fingerprint density at radius 1 is 1.27 bits per heavy atom. The lowest BCUT2D eigenvalue weighted by molar-refractivity contribution is 0.580. The summed E-state index contributed by atoms with van der Waals surface area (Å²) in [6, 6.07) is 4.25. The minimum Gasteiger partial charge on any atom is -0.330 e. The highest BCUT2D eigenvalue weighted by molar-refractivity contribution is 6.30. The molecule has 1 rings (SSSR count). The smallest absolute Gasteiger partial charge is 0.125 e. The van der Waals surface area contributed by atoms with Gasteiger partial charge in [0.05, 0.1) is 0 Å². The molecule has 0 aliphatic heterocycles. The van der Waals surface area contributed by atoms with Gasteiger partial charge in [0.15, 0.2) is 0 Å². The third-order valence-corrected chi connectivity index (χ3v) is 2.50. The molecule has 0 aliphatic carbocycles. The molecule has 0 amide bonds. The van der Waals surface area contributed by atoms with Crippen LogP contribution in [0.5, 0.6) is 0 Å². The molecule has 0 saturated carbocycles. The third-order valence-electron chi connectivity index (χ3n) is 2.28. The van der Waals surface area contributed by atoms with E-state index in [9.17, 15) is 4.39 Å². The van der Waals surface area contributed by atoms with Crippen LogP contribution in [0.2, 0.25) is 5.02 Å². The van der Waals surface area contributed by atoms with Crippen molar-refractivity contribution in [2.75, 3.05) is 6.54 Å². The number of rotatable bonds is 5. The molecule has 1 aromatic carbocycles. The van der Waals surface area contributed by atoms with Crippen molar-refractivity contribution in [3.63, 3.8) is 0 Å². The van der Waals surface area contributed by atoms with Crippen LogP contribution in [0.25, 0.3) is 0 Å². The number of hydrogen-bond donors (Lipinski definition) is 2. The van der Waals surface area contributed by atoms with Crippen LogP contribution in [0.1, 0.15) is 30.9 Å². The fraction of sp³-hybridized carbons (Fsp3) is 0.455. The van der Waals surface area contributed by atoms with Crippen molar-refractivity contribution in [2.45, 2.75) is 25.3 Å². The molecule has 0 saturated heterocycles. The average Bonchev–Trinajstić information content (AvgIpc) is 2.16. The summed E-state index contributed by atoms with van der Waals surface area (Å²) in [4.78, 5) is 0. The van der Waals surface area contributed by atoms with Gasteiger partial charge in [-0.25, -0.2) is 4.39 Å². The summed E-state index contributed by atoms with van der Waals surface area (Å²) in [6.45, 7) is 0.663. The molecule has 0 aliphatic rings. The first kappa shape index (κ1) is 12.4. The first-order valence-corrected chi connectivity index (χ1v) is 5.43. The number of benzene rings is 1. The standard InChI is InChI=1S/C11H16ClFN2/c12-9-5-8(6-10(13)7-9)11(15)3-1-2-4-14/h5-7,11H,1-4,14-15H2/t11-/m1/s1. The molecule has 0 bridgehead atoms. The Balaban J connectivity index is 2.60. The molecule has 84 valence electrons. The summed E-state index contributed by atoms with van der Waals surface area (Å²) in [6.07, 6.45) is 2.69. The van der Waals surface area contributed by atoms with E-state index in [1.54, 1.807) is 6.07 Å². The lowest BCUT2D eigenvalue weighted by Gasteiger charge is -2.12. The quantitative estimate of drug-likeness (QED) is 0.764. The van der Waals surface area contributed by atoms with E-state index in [-0.39, 0.29) is 11.9 Å². The Morgan fingerprint density at radius 2 is 2.00 bits per heavy atom. The van der Waals surface area contributed by atoms with Crippen molar-refractivity contribution in [1.29, 1.82) is 0 Å². The molecule has 0 radical (unpaired) electrons. The van der Waals surface area contributed by atoms with E-state index < -0.39 is 0 Å². The van der Waals surface area contributed by atoms with Gasteiger partial charge in [0.1, 0.15) is 5.82 Å². The highest BCUT2D eigenvalue weighted by Crippen LogP contribution is 2.21. The van der Waals surface area contributed by atoms with Crippen LogP contribution in [-0.4, -0.2) is 6.54 Å².